The van der Waals surface area contributed by atoms with Crippen molar-refractivity contribution in [1.29, 1.82) is 0 Å². The molecule has 0 aliphatic rings. The first-order valence-electron chi connectivity index (χ1n) is 6.74. The number of nitrogens with zero attached hydrogens (tertiary/aromatic N) is 1. The maximum atomic E-state index is 12.9. The fraction of sp³-hybridized carbons (Fsp3) is 0.143. The molecule has 2 rings (SSSR count). The summed E-state index contributed by atoms with van der Waals surface area (Å²) in [6.45, 7) is 0. The fourth-order valence-corrected chi connectivity index (χ4v) is 3.09. The van der Waals surface area contributed by atoms with E-state index in [2.05, 4.69) is 4.74 Å². The van der Waals surface area contributed by atoms with Gasteiger partial charge in [0, 0.05) is 12.1 Å². The molecule has 0 radical (unpaired) electrons. The number of para-hydroxylation sites is 1. The van der Waals surface area contributed by atoms with Gasteiger partial charge in [-0.1, -0.05) is 18.2 Å². The molecule has 2 aromatic carbocycles. The lowest BCUT2D eigenvalue weighted by Crippen LogP contribution is -2.33. The van der Waals surface area contributed by atoms with E-state index >= 15 is 0 Å². The van der Waals surface area contributed by atoms with Gasteiger partial charge in [-0.3, -0.25) is 14.8 Å². The zero-order valence-corrected chi connectivity index (χ0v) is 13.4. The highest BCUT2D eigenvalue weighted by atomic mass is 32.2. The number of benzene rings is 2. The predicted molar refractivity (Wildman–Crippen MR) is 81.9 cm³/mol. The number of nitrogens with one attached hydrogen (secondary N) is 1. The van der Waals surface area contributed by atoms with E-state index in [9.17, 15) is 36.1 Å². The van der Waals surface area contributed by atoms with Gasteiger partial charge in [0.2, 0.25) is 0 Å². The van der Waals surface area contributed by atoms with E-state index in [0.717, 1.165) is 36.4 Å². The second kappa shape index (κ2) is 7.15. The van der Waals surface area contributed by atoms with Crippen LogP contribution in [-0.4, -0.2) is 25.9 Å². The third kappa shape index (κ3) is 4.39. The van der Waals surface area contributed by atoms with E-state index in [1.807, 2.05) is 4.72 Å². The number of nitro groups is 1. The van der Waals surface area contributed by atoms with Crippen molar-refractivity contribution < 1.29 is 35.6 Å². The van der Waals surface area contributed by atoms with Gasteiger partial charge in [0.05, 0.1) is 10.6 Å². The van der Waals surface area contributed by atoms with Crippen LogP contribution in [-0.2, 0) is 10.0 Å². The van der Waals surface area contributed by atoms with Crippen molar-refractivity contribution in [3.05, 3.63) is 58.6 Å². The van der Waals surface area contributed by atoms with E-state index < -0.39 is 43.8 Å². The molecule has 0 amide bonds. The van der Waals surface area contributed by atoms with Gasteiger partial charge < -0.3 is 4.74 Å². The van der Waals surface area contributed by atoms with E-state index in [0.29, 0.717) is 0 Å². The first kappa shape index (κ1) is 19.4. The number of alkyl halides is 4. The molecule has 0 aromatic heterocycles. The van der Waals surface area contributed by atoms with Crippen molar-refractivity contribution in [3.63, 3.8) is 0 Å². The van der Waals surface area contributed by atoms with Gasteiger partial charge in [0.25, 0.3) is 15.7 Å². The summed E-state index contributed by atoms with van der Waals surface area (Å²) in [6.07, 6.45) is -8.86. The summed E-state index contributed by atoms with van der Waals surface area (Å²) in [7, 11) is -4.45. The van der Waals surface area contributed by atoms with Crippen LogP contribution in [0.3, 0.4) is 0 Å². The summed E-state index contributed by atoms with van der Waals surface area (Å²) < 4.78 is 80.6. The summed E-state index contributed by atoms with van der Waals surface area (Å²) >= 11 is 0. The molecule has 0 aliphatic carbocycles. The molecule has 0 saturated heterocycles. The van der Waals surface area contributed by atoms with Gasteiger partial charge in [-0.2, -0.15) is 17.6 Å². The fourth-order valence-electron chi connectivity index (χ4n) is 1.87. The molecule has 1 N–H and O–H groups in total. The highest BCUT2D eigenvalue weighted by Gasteiger charge is 2.44. The van der Waals surface area contributed by atoms with Gasteiger partial charge in [-0.05, 0) is 18.2 Å². The maximum Gasteiger partial charge on any atom is 0.461 e. The third-order valence-corrected chi connectivity index (χ3v) is 4.37. The molecule has 140 valence electrons. The summed E-state index contributed by atoms with van der Waals surface area (Å²) in [5, 5.41) is 10.9. The highest BCUT2D eigenvalue weighted by Crippen LogP contribution is 2.30. The van der Waals surface area contributed by atoms with Crippen LogP contribution in [0.2, 0.25) is 0 Å². The Balaban J connectivity index is 2.32. The van der Waals surface area contributed by atoms with Crippen LogP contribution in [0.25, 0.3) is 0 Å². The van der Waals surface area contributed by atoms with Crippen LogP contribution >= 0.6 is 0 Å². The van der Waals surface area contributed by atoms with E-state index in [1.54, 1.807) is 0 Å². The highest BCUT2D eigenvalue weighted by molar-refractivity contribution is 7.92. The van der Waals surface area contributed by atoms with Crippen molar-refractivity contribution in [3.8, 4) is 5.75 Å². The summed E-state index contributed by atoms with van der Waals surface area (Å²) in [6, 6.07) is 8.32. The van der Waals surface area contributed by atoms with Crippen molar-refractivity contribution >= 4 is 21.4 Å². The monoisotopic (exact) mass is 394 g/mol. The Bertz CT molecular complexity index is 921. The Morgan fingerprint density at radius 2 is 1.77 bits per heavy atom. The largest absolute Gasteiger partial charge is 0.461 e. The molecule has 2 aromatic rings. The first-order chi connectivity index (χ1) is 12.0. The van der Waals surface area contributed by atoms with Gasteiger partial charge in [0.1, 0.15) is 5.75 Å². The summed E-state index contributed by atoms with van der Waals surface area (Å²) in [5.41, 5.74) is -1.01. The molecule has 26 heavy (non-hydrogen) atoms. The van der Waals surface area contributed by atoms with Gasteiger partial charge in [-0.15, -0.1) is 0 Å². The van der Waals surface area contributed by atoms with Crippen LogP contribution in [0.15, 0.2) is 53.4 Å². The normalized spacial score (nSPS) is 12.0. The zero-order chi connectivity index (χ0) is 19.5. The second-order valence-corrected chi connectivity index (χ2v) is 6.47. The first-order valence-corrected chi connectivity index (χ1v) is 8.22. The quantitative estimate of drug-likeness (QED) is 0.439. The Hall–Kier alpha value is -2.89. The standard InChI is InChI=1S/C14H10F4N2O5S/c15-13(16)14(17,18)25-10-5-3-4-9(8-10)19-26(23,24)12-7-2-1-6-11(12)20(21)22/h1-8,13,19H. The van der Waals surface area contributed by atoms with E-state index in [-0.39, 0.29) is 5.69 Å². The topological polar surface area (TPSA) is 98.5 Å². The van der Waals surface area contributed by atoms with Crippen molar-refractivity contribution in [2.45, 2.75) is 17.4 Å². The molecule has 0 aliphatic heterocycles. The molecule has 12 heteroatoms. The minimum absolute atomic E-state index is 0.314. The van der Waals surface area contributed by atoms with Crippen molar-refractivity contribution in [2.75, 3.05) is 4.72 Å². The summed E-state index contributed by atoms with van der Waals surface area (Å²) in [5.74, 6) is -0.724. The SMILES string of the molecule is O=[N+]([O-])c1ccccc1S(=O)(=O)Nc1cccc(OC(F)(F)C(F)F)c1. The number of halogens is 4. The van der Waals surface area contributed by atoms with Gasteiger partial charge in [-0.25, -0.2) is 8.42 Å². The number of hydrogen-bond donors (Lipinski definition) is 1. The zero-order valence-electron chi connectivity index (χ0n) is 12.6. The Labute approximate surface area is 144 Å². The number of hydrogen-bond acceptors (Lipinski definition) is 5. The number of anilines is 1. The molecule has 0 heterocycles. The lowest BCUT2D eigenvalue weighted by molar-refractivity contribution is -0.387. The minimum Gasteiger partial charge on any atom is -0.428 e. The average molecular weight is 394 g/mol. The van der Waals surface area contributed by atoms with Crippen molar-refractivity contribution in [2.24, 2.45) is 0 Å². The molecule has 0 atom stereocenters. The second-order valence-electron chi connectivity index (χ2n) is 4.82. The minimum atomic E-state index is -4.77. The number of rotatable bonds is 7. The average Bonchev–Trinajstić information content (AvgIpc) is 2.54. The van der Waals surface area contributed by atoms with Crippen molar-refractivity contribution in [1.82, 2.24) is 0 Å². The van der Waals surface area contributed by atoms with Crippen LogP contribution in [0.5, 0.6) is 5.75 Å². The maximum absolute atomic E-state index is 12.9. The summed E-state index contributed by atoms with van der Waals surface area (Å²) in [4.78, 5) is 9.37. The number of sulfonamides is 1. The Morgan fingerprint density at radius 3 is 2.38 bits per heavy atom. The molecular weight excluding hydrogens is 384 g/mol. The van der Waals surface area contributed by atoms with Gasteiger partial charge in [0.15, 0.2) is 4.90 Å². The molecule has 0 bridgehead atoms. The molecular formula is C14H10F4N2O5S. The number of nitro benzene ring substituents is 1. The lowest BCUT2D eigenvalue weighted by atomic mass is 10.3. The molecule has 0 fully saturated rings. The molecule has 0 spiro atoms. The third-order valence-electron chi connectivity index (χ3n) is 2.95. The Kier molecular flexibility index (Phi) is 5.35. The van der Waals surface area contributed by atoms with Crippen LogP contribution in [0.4, 0.5) is 28.9 Å². The van der Waals surface area contributed by atoms with Crippen LogP contribution in [0.1, 0.15) is 0 Å². The Morgan fingerprint density at radius 1 is 1.12 bits per heavy atom. The van der Waals surface area contributed by atoms with E-state index in [1.165, 1.54) is 12.1 Å². The van der Waals surface area contributed by atoms with E-state index in [4.69, 9.17) is 0 Å². The lowest BCUT2D eigenvalue weighted by Gasteiger charge is -2.17. The smallest absolute Gasteiger partial charge is 0.428 e. The molecule has 7 nitrogen and oxygen atoms in total. The number of ether oxygens (including phenoxy) is 1. The molecule has 0 unspecified atom stereocenters. The predicted octanol–water partition coefficient (Wildman–Crippen LogP) is 3.63. The van der Waals surface area contributed by atoms with Gasteiger partial charge >= 0.3 is 12.5 Å². The van der Waals surface area contributed by atoms with Crippen LogP contribution < -0.4 is 9.46 Å². The van der Waals surface area contributed by atoms with Crippen LogP contribution in [0, 0.1) is 10.1 Å². The molecule has 0 saturated carbocycles.